The highest BCUT2D eigenvalue weighted by molar-refractivity contribution is 7.81. The second-order valence-corrected chi connectivity index (χ2v) is 3.19. The lowest BCUT2D eigenvalue weighted by molar-refractivity contribution is 0.556. The minimum atomic E-state index is 0.514. The zero-order chi connectivity index (χ0) is 7.28. The molecule has 1 radical (unpaired) electrons. The van der Waals surface area contributed by atoms with E-state index in [4.69, 9.17) is 0 Å². The summed E-state index contributed by atoms with van der Waals surface area (Å²) in [5.74, 6) is 0.535. The fraction of sp³-hybridized carbons (Fsp3) is 0.875. The molecule has 0 nitrogen and oxygen atoms in total. The second-order valence-electron chi connectivity index (χ2n) is 2.52. The zero-order valence-corrected chi connectivity index (χ0v) is 7.32. The summed E-state index contributed by atoms with van der Waals surface area (Å²) in [5, 5.41) is 0.514. The summed E-state index contributed by atoms with van der Waals surface area (Å²) >= 11 is 4.42. The van der Waals surface area contributed by atoms with Crippen LogP contribution in [0, 0.1) is 12.8 Å². The van der Waals surface area contributed by atoms with Gasteiger partial charge < -0.3 is 0 Å². The van der Waals surface area contributed by atoms with E-state index >= 15 is 0 Å². The molecule has 2 unspecified atom stereocenters. The molecule has 0 N–H and O–H groups in total. The van der Waals surface area contributed by atoms with Crippen molar-refractivity contribution in [2.24, 2.45) is 5.92 Å². The van der Waals surface area contributed by atoms with Crippen LogP contribution in [-0.2, 0) is 0 Å². The smallest absolute Gasteiger partial charge is 0.00448 e. The Morgan fingerprint density at radius 2 is 2.00 bits per heavy atom. The van der Waals surface area contributed by atoms with Crippen LogP contribution >= 0.6 is 12.6 Å². The summed E-state index contributed by atoms with van der Waals surface area (Å²) in [6.07, 6.45) is 3.57. The Balaban J connectivity index is 3.32. The molecular weight excluding hydrogens is 128 g/mol. The largest absolute Gasteiger partial charge is 0.176 e. The molecule has 0 saturated carbocycles. The number of thiol groups is 1. The molecule has 0 aromatic rings. The average Bonchev–Trinajstić information content (AvgIpc) is 1.87. The zero-order valence-electron chi connectivity index (χ0n) is 6.43. The molecule has 0 spiro atoms. The lowest BCUT2D eigenvalue weighted by Gasteiger charge is -2.15. The number of rotatable bonds is 4. The van der Waals surface area contributed by atoms with Crippen molar-refractivity contribution >= 4 is 12.6 Å². The van der Waals surface area contributed by atoms with Crippen LogP contribution in [0.25, 0.3) is 0 Å². The summed E-state index contributed by atoms with van der Waals surface area (Å²) in [6.45, 7) is 8.35. The molecule has 55 valence electrons. The first-order chi connectivity index (χ1) is 4.22. The Kier molecular flexibility index (Phi) is 5.36. The fourth-order valence-corrected chi connectivity index (χ4v) is 1.27. The predicted molar refractivity (Wildman–Crippen MR) is 46.8 cm³/mol. The Morgan fingerprint density at radius 3 is 2.33 bits per heavy atom. The molecule has 0 heterocycles. The van der Waals surface area contributed by atoms with E-state index in [9.17, 15) is 0 Å². The third-order valence-electron chi connectivity index (χ3n) is 1.65. The summed E-state index contributed by atoms with van der Waals surface area (Å²) in [7, 11) is 0. The van der Waals surface area contributed by atoms with Crippen molar-refractivity contribution in [1.82, 2.24) is 0 Å². The SMILES string of the molecule is [CH2]C(CC)C(S)CCC. The number of hydrogen-bond donors (Lipinski definition) is 1. The third kappa shape index (κ3) is 3.85. The first-order valence-corrected chi connectivity index (χ1v) is 4.25. The Bertz CT molecular complexity index is 61.6. The van der Waals surface area contributed by atoms with E-state index < -0.39 is 0 Å². The molecule has 0 aliphatic heterocycles. The van der Waals surface area contributed by atoms with Crippen LogP contribution < -0.4 is 0 Å². The lowest BCUT2D eigenvalue weighted by Crippen LogP contribution is -2.09. The van der Waals surface area contributed by atoms with Crippen LogP contribution in [0.2, 0.25) is 0 Å². The maximum absolute atomic E-state index is 4.42. The van der Waals surface area contributed by atoms with E-state index in [1.807, 2.05) is 0 Å². The summed E-state index contributed by atoms with van der Waals surface area (Å²) < 4.78 is 0. The molecule has 0 fully saturated rings. The van der Waals surface area contributed by atoms with Gasteiger partial charge in [-0.25, -0.2) is 0 Å². The van der Waals surface area contributed by atoms with Crippen LogP contribution in [0.15, 0.2) is 0 Å². The van der Waals surface area contributed by atoms with E-state index in [0.717, 1.165) is 6.42 Å². The van der Waals surface area contributed by atoms with E-state index in [1.54, 1.807) is 0 Å². The Morgan fingerprint density at radius 1 is 1.44 bits per heavy atom. The Labute approximate surface area is 64.4 Å². The van der Waals surface area contributed by atoms with Gasteiger partial charge in [-0.05, 0) is 19.3 Å². The van der Waals surface area contributed by atoms with Crippen molar-refractivity contribution in [2.45, 2.75) is 38.4 Å². The first-order valence-electron chi connectivity index (χ1n) is 3.73. The summed E-state index contributed by atoms with van der Waals surface area (Å²) in [6, 6.07) is 0. The van der Waals surface area contributed by atoms with Crippen LogP contribution in [0.4, 0.5) is 0 Å². The molecular formula is C8H17S. The van der Waals surface area contributed by atoms with Gasteiger partial charge in [0.1, 0.15) is 0 Å². The van der Waals surface area contributed by atoms with Gasteiger partial charge in [0.05, 0.1) is 0 Å². The maximum atomic E-state index is 4.42. The minimum Gasteiger partial charge on any atom is -0.176 e. The van der Waals surface area contributed by atoms with Gasteiger partial charge in [0.15, 0.2) is 0 Å². The van der Waals surface area contributed by atoms with E-state index in [2.05, 4.69) is 33.4 Å². The van der Waals surface area contributed by atoms with Crippen LogP contribution in [0.5, 0.6) is 0 Å². The third-order valence-corrected chi connectivity index (χ3v) is 2.33. The molecule has 0 rings (SSSR count). The molecule has 9 heavy (non-hydrogen) atoms. The van der Waals surface area contributed by atoms with Crippen molar-refractivity contribution in [2.75, 3.05) is 0 Å². The first kappa shape index (κ1) is 9.35. The van der Waals surface area contributed by atoms with Gasteiger partial charge in [-0.2, -0.15) is 12.6 Å². The maximum Gasteiger partial charge on any atom is 0.00448 e. The average molecular weight is 145 g/mol. The summed E-state index contributed by atoms with van der Waals surface area (Å²) in [4.78, 5) is 0. The van der Waals surface area contributed by atoms with Gasteiger partial charge in [-0.15, -0.1) is 0 Å². The van der Waals surface area contributed by atoms with Crippen molar-refractivity contribution in [3.8, 4) is 0 Å². The van der Waals surface area contributed by atoms with Crippen molar-refractivity contribution < 1.29 is 0 Å². The molecule has 0 amide bonds. The van der Waals surface area contributed by atoms with Crippen LogP contribution in [0.1, 0.15) is 33.1 Å². The molecule has 0 aliphatic rings. The minimum absolute atomic E-state index is 0.514. The molecule has 0 aliphatic carbocycles. The van der Waals surface area contributed by atoms with E-state index in [-0.39, 0.29) is 0 Å². The molecule has 0 aromatic heterocycles. The Hall–Kier alpha value is 0.350. The van der Waals surface area contributed by atoms with E-state index in [1.165, 1.54) is 12.8 Å². The normalized spacial score (nSPS) is 17.3. The van der Waals surface area contributed by atoms with Gasteiger partial charge >= 0.3 is 0 Å². The molecule has 0 saturated heterocycles. The van der Waals surface area contributed by atoms with Crippen molar-refractivity contribution in [1.29, 1.82) is 0 Å². The van der Waals surface area contributed by atoms with Gasteiger partial charge in [-0.1, -0.05) is 26.7 Å². The van der Waals surface area contributed by atoms with Gasteiger partial charge in [0, 0.05) is 5.25 Å². The predicted octanol–water partition coefficient (Wildman–Crippen LogP) is 2.95. The van der Waals surface area contributed by atoms with Crippen LogP contribution in [0.3, 0.4) is 0 Å². The van der Waals surface area contributed by atoms with Gasteiger partial charge in [0.2, 0.25) is 0 Å². The van der Waals surface area contributed by atoms with Gasteiger partial charge in [0.25, 0.3) is 0 Å². The quantitative estimate of drug-likeness (QED) is 0.578. The molecule has 0 aromatic carbocycles. The summed E-state index contributed by atoms with van der Waals surface area (Å²) in [5.41, 5.74) is 0. The second kappa shape index (κ2) is 5.16. The van der Waals surface area contributed by atoms with Crippen LogP contribution in [-0.4, -0.2) is 5.25 Å². The van der Waals surface area contributed by atoms with Crippen molar-refractivity contribution in [3.63, 3.8) is 0 Å². The van der Waals surface area contributed by atoms with Gasteiger partial charge in [-0.3, -0.25) is 0 Å². The fourth-order valence-electron chi connectivity index (χ4n) is 0.804. The lowest BCUT2D eigenvalue weighted by atomic mass is 10.0. The topological polar surface area (TPSA) is 0 Å². The monoisotopic (exact) mass is 145 g/mol. The van der Waals surface area contributed by atoms with Crippen molar-refractivity contribution in [3.05, 3.63) is 6.92 Å². The standard InChI is InChI=1S/C8H17S/c1-4-6-8(9)7(3)5-2/h7-9H,3-6H2,1-2H3. The highest BCUT2D eigenvalue weighted by Gasteiger charge is 2.08. The van der Waals surface area contributed by atoms with E-state index in [0.29, 0.717) is 11.2 Å². The molecule has 0 bridgehead atoms. The molecule has 1 heteroatoms. The highest BCUT2D eigenvalue weighted by atomic mass is 32.1. The molecule has 2 atom stereocenters. The highest BCUT2D eigenvalue weighted by Crippen LogP contribution is 2.17. The number of hydrogen-bond acceptors (Lipinski definition) is 1.